The van der Waals surface area contributed by atoms with Gasteiger partial charge in [-0.25, -0.2) is 4.57 Å². The zero-order chi connectivity index (χ0) is 13.2. The van der Waals surface area contributed by atoms with Crippen molar-refractivity contribution < 1.29 is 17.0 Å². The van der Waals surface area contributed by atoms with Crippen molar-refractivity contribution in [1.82, 2.24) is 0 Å². The molecule has 0 bridgehead atoms. The highest BCUT2D eigenvalue weighted by Gasteiger charge is 2.06. The molecule has 4 heteroatoms. The summed E-state index contributed by atoms with van der Waals surface area (Å²) in [5.74, 6) is 0. The highest BCUT2D eigenvalue weighted by atomic mass is 35.5. The summed E-state index contributed by atoms with van der Waals surface area (Å²) in [6.45, 7) is 0.779. The van der Waals surface area contributed by atoms with Gasteiger partial charge in [-0.2, -0.15) is 0 Å². The molecule has 0 saturated heterocycles. The maximum Gasteiger partial charge on any atom is 0.176 e. The Hall–Kier alpha value is -1.28. The van der Waals surface area contributed by atoms with Crippen LogP contribution in [0.25, 0.3) is 10.8 Å². The van der Waals surface area contributed by atoms with Crippen LogP contribution < -0.4 is 17.0 Å². The van der Waals surface area contributed by atoms with Crippen LogP contribution in [0.3, 0.4) is 0 Å². The van der Waals surface area contributed by atoms with Gasteiger partial charge in [0.05, 0.1) is 10.0 Å². The molecule has 1 aromatic heterocycles. The summed E-state index contributed by atoms with van der Waals surface area (Å²) in [6, 6.07) is 16.2. The molecule has 0 aliphatic rings. The lowest BCUT2D eigenvalue weighted by molar-refractivity contribution is -0.687. The Balaban J connectivity index is 0.00000147. The molecule has 0 unspecified atom stereocenters. The summed E-state index contributed by atoms with van der Waals surface area (Å²) in [5, 5.41) is 3.66. The van der Waals surface area contributed by atoms with E-state index in [-0.39, 0.29) is 12.4 Å². The minimum atomic E-state index is 0. The predicted molar refractivity (Wildman–Crippen MR) is 79.7 cm³/mol. The molecule has 0 aliphatic heterocycles. The summed E-state index contributed by atoms with van der Waals surface area (Å²) in [4.78, 5) is 0. The highest BCUT2D eigenvalue weighted by Crippen LogP contribution is 2.22. The van der Waals surface area contributed by atoms with Gasteiger partial charge in [0.25, 0.3) is 0 Å². The fourth-order valence-electron chi connectivity index (χ4n) is 2.13. The fraction of sp³-hybridized carbons (Fsp3) is 0.0625. The quantitative estimate of drug-likeness (QED) is 0.629. The molecular formula is C16H12Cl3N. The number of pyridine rings is 1. The number of fused-ring (bicyclic) bond motifs is 1. The number of rotatable bonds is 2. The first-order valence-electron chi connectivity index (χ1n) is 6.04. The number of halogens is 3. The molecule has 2 aromatic carbocycles. The zero-order valence-corrected chi connectivity index (χ0v) is 12.8. The van der Waals surface area contributed by atoms with E-state index >= 15 is 0 Å². The van der Waals surface area contributed by atoms with E-state index in [0.29, 0.717) is 10.0 Å². The van der Waals surface area contributed by atoms with Crippen molar-refractivity contribution in [2.75, 3.05) is 0 Å². The van der Waals surface area contributed by atoms with Gasteiger partial charge in [-0.1, -0.05) is 47.5 Å². The SMILES string of the molecule is Clc1ccc(C[n+]2ccc3ccccc3c2)cc1Cl.[Cl-]. The van der Waals surface area contributed by atoms with Crippen LogP contribution in [0.2, 0.25) is 10.0 Å². The second-order valence-electron chi connectivity index (χ2n) is 4.49. The second kappa shape index (κ2) is 6.45. The molecule has 0 N–H and O–H groups in total. The van der Waals surface area contributed by atoms with Gasteiger partial charge in [0.1, 0.15) is 0 Å². The van der Waals surface area contributed by atoms with E-state index in [1.807, 2.05) is 30.3 Å². The van der Waals surface area contributed by atoms with Crippen LogP contribution in [0.5, 0.6) is 0 Å². The normalized spacial score (nSPS) is 10.3. The van der Waals surface area contributed by atoms with Crippen molar-refractivity contribution in [2.45, 2.75) is 6.54 Å². The maximum atomic E-state index is 6.03. The van der Waals surface area contributed by atoms with Crippen molar-refractivity contribution in [3.05, 3.63) is 76.5 Å². The summed E-state index contributed by atoms with van der Waals surface area (Å²) in [5.41, 5.74) is 1.13. The topological polar surface area (TPSA) is 3.88 Å². The lowest BCUT2D eigenvalue weighted by Crippen LogP contribution is -3.00. The van der Waals surface area contributed by atoms with Gasteiger partial charge in [-0.15, -0.1) is 0 Å². The summed E-state index contributed by atoms with van der Waals surface area (Å²) in [7, 11) is 0. The zero-order valence-electron chi connectivity index (χ0n) is 10.6. The average Bonchev–Trinajstić information content (AvgIpc) is 2.43. The summed E-state index contributed by atoms with van der Waals surface area (Å²) < 4.78 is 2.14. The molecule has 0 radical (unpaired) electrons. The Morgan fingerprint density at radius 3 is 2.35 bits per heavy atom. The molecule has 0 spiro atoms. The number of aromatic nitrogens is 1. The van der Waals surface area contributed by atoms with Gasteiger partial charge in [-0.05, 0) is 23.6 Å². The third-order valence-corrected chi connectivity index (χ3v) is 3.83. The largest absolute Gasteiger partial charge is 1.00 e. The Labute approximate surface area is 134 Å². The van der Waals surface area contributed by atoms with Crippen LogP contribution in [-0.4, -0.2) is 0 Å². The molecule has 1 heterocycles. The van der Waals surface area contributed by atoms with Gasteiger partial charge in [-0.3, -0.25) is 0 Å². The van der Waals surface area contributed by atoms with Crippen LogP contribution in [0.1, 0.15) is 5.56 Å². The summed E-state index contributed by atoms with van der Waals surface area (Å²) >= 11 is 12.0. The third kappa shape index (κ3) is 3.24. The molecule has 20 heavy (non-hydrogen) atoms. The van der Waals surface area contributed by atoms with Crippen LogP contribution >= 0.6 is 23.2 Å². The molecule has 0 atom stereocenters. The summed E-state index contributed by atoms with van der Waals surface area (Å²) in [6.07, 6.45) is 4.21. The van der Waals surface area contributed by atoms with Gasteiger partial charge in [0.15, 0.2) is 18.9 Å². The lowest BCUT2D eigenvalue weighted by atomic mass is 10.1. The monoisotopic (exact) mass is 323 g/mol. The van der Waals surface area contributed by atoms with Crippen molar-refractivity contribution in [1.29, 1.82) is 0 Å². The van der Waals surface area contributed by atoms with Gasteiger partial charge in [0.2, 0.25) is 0 Å². The van der Waals surface area contributed by atoms with E-state index in [1.54, 1.807) is 0 Å². The number of benzene rings is 2. The average molecular weight is 325 g/mol. The molecule has 1 nitrogen and oxygen atoms in total. The number of hydrogen-bond acceptors (Lipinski definition) is 0. The molecule has 102 valence electrons. The van der Waals surface area contributed by atoms with Crippen LogP contribution in [0.4, 0.5) is 0 Å². The smallest absolute Gasteiger partial charge is 0.176 e. The standard InChI is InChI=1S/C16H12Cl2N.ClH/c17-15-6-5-12(9-16(15)18)10-19-8-7-13-3-1-2-4-14(13)11-19;/h1-9,11H,10H2;1H/q+1;/p-1. The van der Waals surface area contributed by atoms with E-state index in [2.05, 4.69) is 35.2 Å². The Morgan fingerprint density at radius 2 is 1.60 bits per heavy atom. The fourth-order valence-corrected chi connectivity index (χ4v) is 2.45. The molecule has 0 fully saturated rings. The van der Waals surface area contributed by atoms with Crippen molar-refractivity contribution in [2.24, 2.45) is 0 Å². The highest BCUT2D eigenvalue weighted by molar-refractivity contribution is 6.42. The Kier molecular flexibility index (Phi) is 4.87. The minimum absolute atomic E-state index is 0. The van der Waals surface area contributed by atoms with E-state index in [0.717, 1.165) is 12.1 Å². The Morgan fingerprint density at radius 1 is 0.850 bits per heavy atom. The van der Waals surface area contributed by atoms with Crippen LogP contribution in [0.15, 0.2) is 60.9 Å². The Bertz CT molecular complexity index is 741. The van der Waals surface area contributed by atoms with E-state index in [9.17, 15) is 0 Å². The molecule has 0 saturated carbocycles. The number of nitrogens with zero attached hydrogens (tertiary/aromatic N) is 1. The van der Waals surface area contributed by atoms with E-state index in [4.69, 9.17) is 23.2 Å². The first kappa shape index (κ1) is 15.1. The first-order chi connectivity index (χ1) is 9.22. The molecular weight excluding hydrogens is 313 g/mol. The third-order valence-electron chi connectivity index (χ3n) is 3.10. The van der Waals surface area contributed by atoms with Crippen molar-refractivity contribution in [3.8, 4) is 0 Å². The minimum Gasteiger partial charge on any atom is -1.00 e. The van der Waals surface area contributed by atoms with Crippen LogP contribution in [-0.2, 0) is 6.54 Å². The molecule has 3 rings (SSSR count). The molecule has 0 amide bonds. The van der Waals surface area contributed by atoms with Crippen molar-refractivity contribution in [3.63, 3.8) is 0 Å². The lowest BCUT2D eigenvalue weighted by Gasteiger charge is -2.01. The van der Waals surface area contributed by atoms with Crippen molar-refractivity contribution >= 4 is 34.0 Å². The van der Waals surface area contributed by atoms with Gasteiger partial charge < -0.3 is 12.4 Å². The van der Waals surface area contributed by atoms with E-state index < -0.39 is 0 Å². The number of hydrogen-bond donors (Lipinski definition) is 0. The van der Waals surface area contributed by atoms with Gasteiger partial charge >= 0.3 is 0 Å². The first-order valence-corrected chi connectivity index (χ1v) is 6.80. The van der Waals surface area contributed by atoms with E-state index in [1.165, 1.54) is 10.8 Å². The molecule has 0 aliphatic carbocycles. The predicted octanol–water partition coefficient (Wildman–Crippen LogP) is 1.49. The van der Waals surface area contributed by atoms with Crippen LogP contribution in [0, 0.1) is 0 Å². The maximum absolute atomic E-state index is 6.03. The van der Waals surface area contributed by atoms with Gasteiger partial charge in [0, 0.05) is 17.0 Å². The molecule has 3 aromatic rings. The second-order valence-corrected chi connectivity index (χ2v) is 5.31.